The molecule has 3 nitrogen and oxygen atoms in total. The highest BCUT2D eigenvalue weighted by atomic mass is 16.2. The molecule has 0 aromatic rings. The van der Waals surface area contributed by atoms with E-state index in [4.69, 9.17) is 0 Å². The quantitative estimate of drug-likeness (QED) is 0.836. The number of nitrogens with zero attached hydrogens (tertiary/aromatic N) is 1. The normalized spacial score (nSPS) is 32.8. The van der Waals surface area contributed by atoms with Crippen molar-refractivity contribution in [2.24, 2.45) is 11.3 Å². The predicted molar refractivity (Wildman–Crippen MR) is 79.2 cm³/mol. The van der Waals surface area contributed by atoms with Crippen molar-refractivity contribution >= 4 is 5.91 Å². The van der Waals surface area contributed by atoms with E-state index in [0.717, 1.165) is 51.2 Å². The molecular formula is C17H24N2O. The van der Waals surface area contributed by atoms with Crippen LogP contribution in [0.5, 0.6) is 0 Å². The van der Waals surface area contributed by atoms with Crippen LogP contribution in [0.25, 0.3) is 0 Å². The minimum Gasteiger partial charge on any atom is -0.335 e. The number of hydrogen-bond donors (Lipinski definition) is 1. The average Bonchev–Trinajstić information content (AvgIpc) is 3.29. The van der Waals surface area contributed by atoms with Gasteiger partial charge in [-0.05, 0) is 63.1 Å². The maximum Gasteiger partial charge on any atom is 0.229 e. The molecule has 2 heterocycles. The molecule has 0 bridgehead atoms. The molecule has 2 aliphatic heterocycles. The lowest BCUT2D eigenvalue weighted by molar-refractivity contribution is -0.138. The lowest BCUT2D eigenvalue weighted by Crippen LogP contribution is -2.45. The lowest BCUT2D eigenvalue weighted by atomic mass is 9.77. The average molecular weight is 272 g/mol. The summed E-state index contributed by atoms with van der Waals surface area (Å²) in [7, 11) is 0. The summed E-state index contributed by atoms with van der Waals surface area (Å²) in [4.78, 5) is 15.0. The zero-order chi connectivity index (χ0) is 13.6. The minimum absolute atomic E-state index is 0.0282. The molecule has 108 valence electrons. The van der Waals surface area contributed by atoms with Gasteiger partial charge in [0, 0.05) is 6.54 Å². The van der Waals surface area contributed by atoms with Crippen LogP contribution in [0.1, 0.15) is 38.5 Å². The Morgan fingerprint density at radius 1 is 1.20 bits per heavy atom. The molecule has 0 aromatic carbocycles. The molecule has 20 heavy (non-hydrogen) atoms. The second-order valence-electron chi connectivity index (χ2n) is 6.92. The summed E-state index contributed by atoms with van der Waals surface area (Å²) in [5.74, 6) is 1.26. The molecular weight excluding hydrogens is 248 g/mol. The van der Waals surface area contributed by atoms with E-state index in [2.05, 4.69) is 28.4 Å². The highest BCUT2D eigenvalue weighted by Crippen LogP contribution is 2.43. The second kappa shape index (κ2) is 4.73. The fraction of sp³-hybridized carbons (Fsp3) is 0.706. The van der Waals surface area contributed by atoms with E-state index >= 15 is 0 Å². The third kappa shape index (κ3) is 2.03. The third-order valence-electron chi connectivity index (χ3n) is 5.66. The monoisotopic (exact) mass is 272 g/mol. The van der Waals surface area contributed by atoms with Gasteiger partial charge in [-0.3, -0.25) is 4.79 Å². The molecule has 1 unspecified atom stereocenters. The van der Waals surface area contributed by atoms with Crippen LogP contribution in [0.15, 0.2) is 23.8 Å². The smallest absolute Gasteiger partial charge is 0.229 e. The molecule has 2 aliphatic carbocycles. The molecule has 0 aromatic heterocycles. The highest BCUT2D eigenvalue weighted by Gasteiger charge is 2.48. The van der Waals surface area contributed by atoms with E-state index in [9.17, 15) is 4.79 Å². The van der Waals surface area contributed by atoms with Crippen molar-refractivity contribution in [1.29, 1.82) is 0 Å². The first-order valence-corrected chi connectivity index (χ1v) is 8.19. The maximum atomic E-state index is 12.9. The Kier molecular flexibility index (Phi) is 2.99. The number of carbonyl (C=O) groups is 1. The van der Waals surface area contributed by atoms with Gasteiger partial charge in [0.2, 0.25) is 5.91 Å². The topological polar surface area (TPSA) is 32.3 Å². The largest absolute Gasteiger partial charge is 0.335 e. The zero-order valence-electron chi connectivity index (χ0n) is 12.1. The summed E-state index contributed by atoms with van der Waals surface area (Å²) in [6.07, 6.45) is 13.8. The zero-order valence-corrected chi connectivity index (χ0v) is 12.1. The van der Waals surface area contributed by atoms with Crippen molar-refractivity contribution in [3.63, 3.8) is 0 Å². The van der Waals surface area contributed by atoms with Gasteiger partial charge in [-0.2, -0.15) is 0 Å². The van der Waals surface area contributed by atoms with Crippen LogP contribution in [-0.4, -0.2) is 36.5 Å². The highest BCUT2D eigenvalue weighted by molar-refractivity contribution is 5.85. The van der Waals surface area contributed by atoms with Crippen LogP contribution >= 0.6 is 0 Å². The van der Waals surface area contributed by atoms with Crippen molar-refractivity contribution in [3.8, 4) is 0 Å². The lowest BCUT2D eigenvalue weighted by Gasteiger charge is -2.34. The van der Waals surface area contributed by atoms with E-state index in [0.29, 0.717) is 11.9 Å². The Morgan fingerprint density at radius 3 is 2.65 bits per heavy atom. The van der Waals surface area contributed by atoms with Crippen molar-refractivity contribution in [2.75, 3.05) is 19.6 Å². The fourth-order valence-electron chi connectivity index (χ4n) is 4.11. The molecule has 1 amide bonds. The summed E-state index contributed by atoms with van der Waals surface area (Å²) in [5.41, 5.74) is 1.49. The summed E-state index contributed by atoms with van der Waals surface area (Å²) in [6.45, 7) is 2.97. The number of nitrogens with one attached hydrogen (secondary N) is 1. The Morgan fingerprint density at radius 2 is 2.00 bits per heavy atom. The van der Waals surface area contributed by atoms with Crippen molar-refractivity contribution in [3.05, 3.63) is 23.8 Å². The number of carbonyl (C=O) groups excluding carboxylic acids is 1. The van der Waals surface area contributed by atoms with Crippen LogP contribution in [0, 0.1) is 11.3 Å². The second-order valence-corrected chi connectivity index (χ2v) is 6.92. The Hall–Kier alpha value is -1.09. The fourth-order valence-corrected chi connectivity index (χ4v) is 4.11. The van der Waals surface area contributed by atoms with Crippen LogP contribution < -0.4 is 5.32 Å². The van der Waals surface area contributed by atoms with Crippen molar-refractivity contribution in [2.45, 2.75) is 44.6 Å². The number of hydrogen-bond acceptors (Lipinski definition) is 2. The van der Waals surface area contributed by atoms with Gasteiger partial charge in [-0.25, -0.2) is 0 Å². The third-order valence-corrected chi connectivity index (χ3v) is 5.66. The number of piperidine rings is 1. The summed E-state index contributed by atoms with van der Waals surface area (Å²) >= 11 is 0. The van der Waals surface area contributed by atoms with Gasteiger partial charge < -0.3 is 10.2 Å². The van der Waals surface area contributed by atoms with Crippen molar-refractivity contribution < 1.29 is 4.79 Å². The molecule has 1 saturated carbocycles. The van der Waals surface area contributed by atoms with Gasteiger partial charge >= 0.3 is 0 Å². The number of amides is 1. The molecule has 3 fully saturated rings. The molecule has 1 spiro atoms. The van der Waals surface area contributed by atoms with E-state index in [1.807, 2.05) is 0 Å². The Bertz CT molecular complexity index is 469. The van der Waals surface area contributed by atoms with Crippen LogP contribution in [-0.2, 0) is 4.79 Å². The maximum absolute atomic E-state index is 12.9. The summed E-state index contributed by atoms with van der Waals surface area (Å²) in [5, 5.41) is 3.38. The number of rotatable bonds is 2. The Balaban J connectivity index is 1.45. The first kappa shape index (κ1) is 12.6. The van der Waals surface area contributed by atoms with Gasteiger partial charge in [0.25, 0.3) is 0 Å². The minimum atomic E-state index is -0.0282. The standard InChI is InChI=1S/C17H24N2O/c20-16-17(7-10-18-11-8-17)9-12-19(16)15-5-3-14(4-6-15)13-1-2-13/h3-5,13,15,18H,1-2,6-12H2. The van der Waals surface area contributed by atoms with Gasteiger partial charge in [-0.1, -0.05) is 18.2 Å². The molecule has 4 rings (SSSR count). The first-order valence-electron chi connectivity index (χ1n) is 8.19. The Labute approximate surface area is 121 Å². The molecule has 0 radical (unpaired) electrons. The first-order chi connectivity index (χ1) is 9.78. The van der Waals surface area contributed by atoms with Crippen LogP contribution in [0.3, 0.4) is 0 Å². The van der Waals surface area contributed by atoms with Gasteiger partial charge in [0.15, 0.2) is 0 Å². The van der Waals surface area contributed by atoms with E-state index in [1.54, 1.807) is 0 Å². The molecule has 4 aliphatic rings. The van der Waals surface area contributed by atoms with Gasteiger partial charge in [-0.15, -0.1) is 0 Å². The molecule has 1 N–H and O–H groups in total. The molecule has 1 atom stereocenters. The van der Waals surface area contributed by atoms with Crippen molar-refractivity contribution in [1.82, 2.24) is 10.2 Å². The number of likely N-dealkylation sites (tertiary alicyclic amines) is 1. The number of allylic oxidation sites excluding steroid dienone is 2. The van der Waals surface area contributed by atoms with E-state index in [1.165, 1.54) is 18.4 Å². The van der Waals surface area contributed by atoms with Gasteiger partial charge in [0.1, 0.15) is 0 Å². The van der Waals surface area contributed by atoms with E-state index in [-0.39, 0.29) is 5.41 Å². The SMILES string of the molecule is O=C1N(C2C=CC(C3CC3)=CC2)CCC12CCNCC2. The predicted octanol–water partition coefficient (Wildman–Crippen LogP) is 2.25. The van der Waals surface area contributed by atoms with E-state index < -0.39 is 0 Å². The van der Waals surface area contributed by atoms with Crippen LogP contribution in [0.2, 0.25) is 0 Å². The summed E-state index contributed by atoms with van der Waals surface area (Å²) < 4.78 is 0. The molecule has 2 saturated heterocycles. The van der Waals surface area contributed by atoms with Gasteiger partial charge in [0.05, 0.1) is 11.5 Å². The summed E-state index contributed by atoms with van der Waals surface area (Å²) in [6, 6.07) is 0.319. The molecule has 3 heteroatoms. The van der Waals surface area contributed by atoms with Crippen LogP contribution in [0.4, 0.5) is 0 Å².